The van der Waals surface area contributed by atoms with E-state index in [2.05, 4.69) is 12.2 Å². The summed E-state index contributed by atoms with van der Waals surface area (Å²) in [4.78, 5) is 12.3. The minimum Gasteiger partial charge on any atom is -0.496 e. The highest BCUT2D eigenvalue weighted by atomic mass is 16.5. The van der Waals surface area contributed by atoms with Gasteiger partial charge in [0.1, 0.15) is 23.4 Å². The van der Waals surface area contributed by atoms with Crippen LogP contribution in [0.3, 0.4) is 0 Å². The van der Waals surface area contributed by atoms with Crippen molar-refractivity contribution in [3.63, 3.8) is 0 Å². The largest absolute Gasteiger partial charge is 0.496 e. The Balaban J connectivity index is 1.41. The first-order chi connectivity index (χ1) is 11.7. The number of benzene rings is 1. The van der Waals surface area contributed by atoms with Crippen LogP contribution in [0.15, 0.2) is 34.9 Å². The molecule has 1 amide bonds. The number of carbonyl (C=O) groups is 1. The van der Waals surface area contributed by atoms with Gasteiger partial charge in [0.2, 0.25) is 5.91 Å². The molecule has 3 unspecified atom stereocenters. The van der Waals surface area contributed by atoms with Gasteiger partial charge in [0.05, 0.1) is 13.4 Å². The highest BCUT2D eigenvalue weighted by Crippen LogP contribution is 2.47. The molecule has 1 N–H and O–H groups in total. The molecule has 24 heavy (non-hydrogen) atoms. The first kappa shape index (κ1) is 15.1. The summed E-state index contributed by atoms with van der Waals surface area (Å²) < 4.78 is 16.7. The Morgan fingerprint density at radius 3 is 3.04 bits per heavy atom. The van der Waals surface area contributed by atoms with E-state index in [0.29, 0.717) is 6.54 Å². The fourth-order valence-electron chi connectivity index (χ4n) is 3.42. The molecule has 2 heterocycles. The fraction of sp³-hybridized carbons (Fsp3) is 0.421. The van der Waals surface area contributed by atoms with Crippen molar-refractivity contribution in [2.45, 2.75) is 38.3 Å². The van der Waals surface area contributed by atoms with Crippen LogP contribution in [0.2, 0.25) is 0 Å². The topological polar surface area (TPSA) is 60.7 Å². The molecule has 5 nitrogen and oxygen atoms in total. The van der Waals surface area contributed by atoms with Gasteiger partial charge in [-0.15, -0.1) is 0 Å². The molecule has 0 bridgehead atoms. The number of hydrogen-bond donors (Lipinski definition) is 1. The van der Waals surface area contributed by atoms with E-state index < -0.39 is 0 Å². The van der Waals surface area contributed by atoms with Gasteiger partial charge in [-0.3, -0.25) is 4.79 Å². The average Bonchev–Trinajstić information content (AvgIpc) is 3.02. The lowest BCUT2D eigenvalue weighted by Gasteiger charge is -2.12. The number of nitrogens with one attached hydrogen (secondary N) is 1. The lowest BCUT2D eigenvalue weighted by Crippen LogP contribution is -2.25. The predicted molar refractivity (Wildman–Crippen MR) is 88.2 cm³/mol. The SMILES string of the molecule is COc1cc2c(cc1CNC(=O)C1CC1c1ccco1)OC(C)C2. The number of rotatable bonds is 5. The average molecular weight is 327 g/mol. The monoisotopic (exact) mass is 327 g/mol. The molecule has 0 saturated heterocycles. The minimum absolute atomic E-state index is 0.00726. The third kappa shape index (κ3) is 2.75. The Labute approximate surface area is 140 Å². The number of fused-ring (bicyclic) bond motifs is 1. The molecule has 4 rings (SSSR count). The first-order valence-corrected chi connectivity index (χ1v) is 8.33. The molecule has 3 atom stereocenters. The number of methoxy groups -OCH3 is 1. The molecule has 1 aliphatic carbocycles. The first-order valence-electron chi connectivity index (χ1n) is 8.33. The third-order valence-corrected chi connectivity index (χ3v) is 4.79. The molecule has 1 aromatic carbocycles. The van der Waals surface area contributed by atoms with E-state index >= 15 is 0 Å². The number of hydrogen-bond acceptors (Lipinski definition) is 4. The summed E-state index contributed by atoms with van der Waals surface area (Å²) in [5.41, 5.74) is 2.10. The molecule has 2 aromatic rings. The zero-order chi connectivity index (χ0) is 16.7. The zero-order valence-electron chi connectivity index (χ0n) is 13.9. The quantitative estimate of drug-likeness (QED) is 0.917. The summed E-state index contributed by atoms with van der Waals surface area (Å²) in [6, 6.07) is 7.79. The van der Waals surface area contributed by atoms with Gasteiger partial charge >= 0.3 is 0 Å². The minimum atomic E-state index is 0.00726. The van der Waals surface area contributed by atoms with E-state index in [9.17, 15) is 4.79 Å². The Morgan fingerprint density at radius 1 is 1.42 bits per heavy atom. The van der Waals surface area contributed by atoms with Crippen molar-refractivity contribution < 1.29 is 18.7 Å². The van der Waals surface area contributed by atoms with Crippen molar-refractivity contribution in [3.05, 3.63) is 47.4 Å². The van der Waals surface area contributed by atoms with Crippen LogP contribution in [0.25, 0.3) is 0 Å². The molecule has 5 heteroatoms. The van der Waals surface area contributed by atoms with E-state index in [1.807, 2.05) is 24.3 Å². The van der Waals surface area contributed by atoms with Gasteiger partial charge in [0.15, 0.2) is 0 Å². The van der Waals surface area contributed by atoms with Crippen LogP contribution in [0.5, 0.6) is 11.5 Å². The van der Waals surface area contributed by atoms with Gasteiger partial charge in [-0.25, -0.2) is 0 Å². The molecule has 0 spiro atoms. The van der Waals surface area contributed by atoms with Gasteiger partial charge in [-0.05, 0) is 37.6 Å². The van der Waals surface area contributed by atoms with Crippen molar-refractivity contribution in [2.75, 3.05) is 7.11 Å². The summed E-state index contributed by atoms with van der Waals surface area (Å²) in [5, 5.41) is 3.01. The standard InChI is InChI=1S/C19H21NO4/c1-11-6-12-7-17(22-2)13(8-18(12)24-11)10-20-19(21)15-9-14(15)16-4-3-5-23-16/h3-5,7-8,11,14-15H,6,9-10H2,1-2H3,(H,20,21). The van der Waals surface area contributed by atoms with Crippen LogP contribution in [0.4, 0.5) is 0 Å². The maximum atomic E-state index is 12.3. The Hall–Kier alpha value is -2.43. The normalized spacial score (nSPS) is 24.2. The van der Waals surface area contributed by atoms with Gasteiger partial charge < -0.3 is 19.2 Å². The van der Waals surface area contributed by atoms with Crippen molar-refractivity contribution in [3.8, 4) is 11.5 Å². The fourth-order valence-corrected chi connectivity index (χ4v) is 3.42. The number of amides is 1. The van der Waals surface area contributed by atoms with Gasteiger partial charge in [0, 0.05) is 35.9 Å². The van der Waals surface area contributed by atoms with Crippen LogP contribution in [-0.2, 0) is 17.8 Å². The summed E-state index contributed by atoms with van der Waals surface area (Å²) in [6.07, 6.45) is 3.58. The summed E-state index contributed by atoms with van der Waals surface area (Å²) >= 11 is 0. The number of carbonyl (C=O) groups excluding carboxylic acids is 1. The molecule has 1 fully saturated rings. The number of furan rings is 1. The van der Waals surface area contributed by atoms with Crippen LogP contribution in [0.1, 0.15) is 36.1 Å². The number of ether oxygens (including phenoxy) is 2. The molecule has 1 aliphatic heterocycles. The highest BCUT2D eigenvalue weighted by Gasteiger charge is 2.45. The summed E-state index contributed by atoms with van der Waals surface area (Å²) in [6.45, 7) is 2.49. The lowest BCUT2D eigenvalue weighted by atomic mass is 10.1. The molecule has 1 aromatic heterocycles. The van der Waals surface area contributed by atoms with Gasteiger partial charge in [-0.1, -0.05) is 0 Å². The van der Waals surface area contributed by atoms with Gasteiger partial charge in [-0.2, -0.15) is 0 Å². The van der Waals surface area contributed by atoms with E-state index in [0.717, 1.165) is 41.2 Å². The maximum Gasteiger partial charge on any atom is 0.224 e. The van der Waals surface area contributed by atoms with Crippen LogP contribution in [0, 0.1) is 5.92 Å². The second-order valence-electron chi connectivity index (χ2n) is 6.59. The van der Waals surface area contributed by atoms with Crippen LogP contribution >= 0.6 is 0 Å². The smallest absolute Gasteiger partial charge is 0.224 e. The molecule has 0 radical (unpaired) electrons. The van der Waals surface area contributed by atoms with Crippen molar-refractivity contribution in [1.29, 1.82) is 0 Å². The van der Waals surface area contributed by atoms with E-state index in [1.165, 1.54) is 0 Å². The van der Waals surface area contributed by atoms with Crippen molar-refractivity contribution in [1.82, 2.24) is 5.32 Å². The predicted octanol–water partition coefficient (Wildman–Crippen LogP) is 3.03. The van der Waals surface area contributed by atoms with E-state index in [4.69, 9.17) is 13.9 Å². The Kier molecular flexibility index (Phi) is 3.71. The van der Waals surface area contributed by atoms with Crippen LogP contribution < -0.4 is 14.8 Å². The molecule has 126 valence electrons. The third-order valence-electron chi connectivity index (χ3n) is 4.79. The molecular weight excluding hydrogens is 306 g/mol. The van der Waals surface area contributed by atoms with Gasteiger partial charge in [0.25, 0.3) is 0 Å². The molecular formula is C19H21NO4. The second kappa shape index (κ2) is 5.89. The second-order valence-corrected chi connectivity index (χ2v) is 6.59. The molecule has 2 aliphatic rings. The van der Waals surface area contributed by atoms with E-state index in [-0.39, 0.29) is 23.8 Å². The Bertz CT molecular complexity index is 753. The molecule has 1 saturated carbocycles. The zero-order valence-corrected chi connectivity index (χ0v) is 13.9. The van der Waals surface area contributed by atoms with E-state index in [1.54, 1.807) is 13.4 Å². The Morgan fingerprint density at radius 2 is 2.29 bits per heavy atom. The summed E-state index contributed by atoms with van der Waals surface area (Å²) in [5.74, 6) is 2.87. The highest BCUT2D eigenvalue weighted by molar-refractivity contribution is 5.82. The summed E-state index contributed by atoms with van der Waals surface area (Å²) in [7, 11) is 1.65. The van der Waals surface area contributed by atoms with Crippen molar-refractivity contribution >= 4 is 5.91 Å². The van der Waals surface area contributed by atoms with Crippen molar-refractivity contribution in [2.24, 2.45) is 5.92 Å². The maximum absolute atomic E-state index is 12.3. The van der Waals surface area contributed by atoms with Crippen LogP contribution in [-0.4, -0.2) is 19.1 Å². The lowest BCUT2D eigenvalue weighted by molar-refractivity contribution is -0.122.